The Balaban J connectivity index is 1.49. The Morgan fingerprint density at radius 3 is 2.73 bits per heavy atom. The van der Waals surface area contributed by atoms with Gasteiger partial charge in [0.25, 0.3) is 0 Å². The Hall–Kier alpha value is -4.17. The first-order valence-electron chi connectivity index (χ1n) is 10.4. The molecule has 0 radical (unpaired) electrons. The number of thiophene rings is 1. The minimum atomic E-state index is 0.0452. The van der Waals surface area contributed by atoms with E-state index in [2.05, 4.69) is 44.2 Å². The fourth-order valence-corrected chi connectivity index (χ4v) is 4.91. The third-order valence-electron chi connectivity index (χ3n) is 5.72. The molecule has 0 bridgehead atoms. The zero-order valence-corrected chi connectivity index (χ0v) is 18.7. The van der Waals surface area contributed by atoms with Crippen LogP contribution in [0.4, 0.5) is 0 Å². The predicted octanol–water partition coefficient (Wildman–Crippen LogP) is 5.80. The van der Waals surface area contributed by atoms with Crippen molar-refractivity contribution in [2.75, 3.05) is 0 Å². The number of aryl methyl sites for hydroxylation is 1. The first kappa shape index (κ1) is 19.5. The second kappa shape index (κ2) is 7.46. The van der Waals surface area contributed by atoms with Gasteiger partial charge in [-0.25, -0.2) is 4.98 Å². The van der Waals surface area contributed by atoms with Crippen LogP contribution in [0.25, 0.3) is 55.2 Å². The van der Waals surface area contributed by atoms with Gasteiger partial charge in [-0.2, -0.15) is 5.10 Å². The molecule has 0 saturated heterocycles. The molecule has 0 spiro atoms. The normalized spacial score (nSPS) is 11.5. The lowest BCUT2D eigenvalue weighted by molar-refractivity contribution is 0.102. The van der Waals surface area contributed by atoms with Crippen LogP contribution >= 0.6 is 11.3 Å². The van der Waals surface area contributed by atoms with Gasteiger partial charge in [0.05, 0.1) is 20.8 Å². The van der Waals surface area contributed by atoms with Crippen molar-refractivity contribution in [3.63, 3.8) is 0 Å². The zero-order chi connectivity index (χ0) is 22.5. The molecule has 160 valence electrons. The molecule has 7 nitrogen and oxygen atoms in total. The Morgan fingerprint density at radius 2 is 1.91 bits per heavy atom. The number of aromatic amines is 2. The van der Waals surface area contributed by atoms with Crippen molar-refractivity contribution in [3.05, 3.63) is 71.5 Å². The number of Topliss-reactive ketones (excluding diaryl/α,β-unsaturated/α-hetero) is 1. The molecule has 0 amide bonds. The molecular formula is C25H18N6OS. The number of carbonyl (C=O) groups is 1. The lowest BCUT2D eigenvalue weighted by Crippen LogP contribution is -1.86. The molecule has 0 fully saturated rings. The van der Waals surface area contributed by atoms with Crippen LogP contribution < -0.4 is 0 Å². The number of H-pyrrole nitrogens is 2. The molecule has 8 heteroatoms. The van der Waals surface area contributed by atoms with E-state index in [9.17, 15) is 4.79 Å². The molecule has 5 aromatic heterocycles. The summed E-state index contributed by atoms with van der Waals surface area (Å²) in [7, 11) is 0. The van der Waals surface area contributed by atoms with E-state index in [1.54, 1.807) is 19.3 Å². The van der Waals surface area contributed by atoms with Crippen molar-refractivity contribution in [3.8, 4) is 33.2 Å². The van der Waals surface area contributed by atoms with Crippen LogP contribution in [0.1, 0.15) is 22.2 Å². The van der Waals surface area contributed by atoms with Crippen molar-refractivity contribution in [2.24, 2.45) is 0 Å². The maximum Gasteiger partial charge on any atom is 0.169 e. The standard InChI is InChI=1S/C25H18N6OS/c1-13-7-9-26-12-17(13)15-3-4-18-16(11-15)22(31-30-18)25-28-19-8-10-27-24(23(19)29-25)21-6-5-20(33-21)14(2)32/h3-12H,1-2H3,(H,28,29)(H,30,31). The van der Waals surface area contributed by atoms with Gasteiger partial charge in [-0.05, 0) is 61.4 Å². The van der Waals surface area contributed by atoms with E-state index in [-0.39, 0.29) is 5.78 Å². The molecular weight excluding hydrogens is 432 g/mol. The molecule has 6 aromatic rings. The highest BCUT2D eigenvalue weighted by Crippen LogP contribution is 2.34. The number of fused-ring (bicyclic) bond motifs is 2. The number of nitrogens with one attached hydrogen (secondary N) is 2. The van der Waals surface area contributed by atoms with Crippen LogP contribution in [0.15, 0.2) is 61.1 Å². The molecule has 33 heavy (non-hydrogen) atoms. The summed E-state index contributed by atoms with van der Waals surface area (Å²) in [6.45, 7) is 3.65. The quantitative estimate of drug-likeness (QED) is 0.331. The highest BCUT2D eigenvalue weighted by atomic mass is 32.1. The third-order valence-corrected chi connectivity index (χ3v) is 6.92. The number of ketones is 1. The number of benzene rings is 1. The zero-order valence-electron chi connectivity index (χ0n) is 17.9. The molecule has 1 aromatic carbocycles. The fourth-order valence-electron chi connectivity index (χ4n) is 4.01. The van der Waals surface area contributed by atoms with E-state index in [1.165, 1.54) is 11.3 Å². The minimum absolute atomic E-state index is 0.0452. The van der Waals surface area contributed by atoms with E-state index in [4.69, 9.17) is 4.98 Å². The molecule has 0 aliphatic rings. The smallest absolute Gasteiger partial charge is 0.169 e. The van der Waals surface area contributed by atoms with Crippen LogP contribution in [-0.4, -0.2) is 35.9 Å². The molecule has 2 N–H and O–H groups in total. The van der Waals surface area contributed by atoms with Crippen LogP contribution in [0.5, 0.6) is 0 Å². The van der Waals surface area contributed by atoms with Gasteiger partial charge in [-0.15, -0.1) is 11.3 Å². The second-order valence-corrected chi connectivity index (χ2v) is 8.97. The van der Waals surface area contributed by atoms with Gasteiger partial charge in [-0.3, -0.25) is 19.9 Å². The van der Waals surface area contributed by atoms with Crippen molar-refractivity contribution in [1.82, 2.24) is 30.1 Å². The predicted molar refractivity (Wildman–Crippen MR) is 130 cm³/mol. The number of pyridine rings is 2. The van der Waals surface area contributed by atoms with Crippen LogP contribution in [0.2, 0.25) is 0 Å². The summed E-state index contributed by atoms with van der Waals surface area (Å²) >= 11 is 1.43. The van der Waals surface area contributed by atoms with Crippen molar-refractivity contribution >= 4 is 39.1 Å². The highest BCUT2D eigenvalue weighted by Gasteiger charge is 2.18. The monoisotopic (exact) mass is 450 g/mol. The lowest BCUT2D eigenvalue weighted by atomic mass is 10.0. The topological polar surface area (TPSA) is 100 Å². The van der Waals surface area contributed by atoms with Gasteiger partial charge in [0.2, 0.25) is 0 Å². The van der Waals surface area contributed by atoms with Crippen LogP contribution in [0.3, 0.4) is 0 Å². The molecule has 0 atom stereocenters. The number of imidazole rings is 1. The average Bonchev–Trinajstić information content (AvgIpc) is 3.56. The SMILES string of the molecule is CC(=O)c1ccc(-c2nccc3[nH]c(-c4n[nH]c5ccc(-c6cnccc6C)cc45)nc23)s1. The first-order valence-corrected chi connectivity index (χ1v) is 11.3. The summed E-state index contributed by atoms with van der Waals surface area (Å²) < 4.78 is 0. The molecule has 5 heterocycles. The largest absolute Gasteiger partial charge is 0.336 e. The average molecular weight is 451 g/mol. The lowest BCUT2D eigenvalue weighted by Gasteiger charge is -2.05. The molecule has 0 unspecified atom stereocenters. The number of aromatic nitrogens is 6. The molecule has 0 aliphatic heterocycles. The summed E-state index contributed by atoms with van der Waals surface area (Å²) in [5.41, 5.74) is 7.35. The van der Waals surface area contributed by atoms with Gasteiger partial charge >= 0.3 is 0 Å². The van der Waals surface area contributed by atoms with Gasteiger partial charge < -0.3 is 4.98 Å². The second-order valence-electron chi connectivity index (χ2n) is 7.88. The summed E-state index contributed by atoms with van der Waals surface area (Å²) in [6, 6.07) is 13.9. The maximum absolute atomic E-state index is 11.7. The van der Waals surface area contributed by atoms with E-state index in [1.807, 2.05) is 36.5 Å². The molecule has 0 saturated carbocycles. The van der Waals surface area contributed by atoms with Crippen molar-refractivity contribution in [1.29, 1.82) is 0 Å². The third kappa shape index (κ3) is 3.23. The Morgan fingerprint density at radius 1 is 1.00 bits per heavy atom. The summed E-state index contributed by atoms with van der Waals surface area (Å²) in [6.07, 6.45) is 5.43. The Labute approximate surface area is 192 Å². The summed E-state index contributed by atoms with van der Waals surface area (Å²) in [5, 5.41) is 8.63. The Kier molecular flexibility index (Phi) is 4.41. The van der Waals surface area contributed by atoms with E-state index >= 15 is 0 Å². The number of hydrogen-bond acceptors (Lipinski definition) is 6. The van der Waals surface area contributed by atoms with Crippen LogP contribution in [-0.2, 0) is 0 Å². The van der Waals surface area contributed by atoms with Gasteiger partial charge in [0.1, 0.15) is 16.9 Å². The first-order chi connectivity index (χ1) is 16.1. The number of nitrogens with zero attached hydrogens (tertiary/aromatic N) is 4. The minimum Gasteiger partial charge on any atom is -0.336 e. The van der Waals surface area contributed by atoms with Crippen LogP contribution in [0, 0.1) is 6.92 Å². The summed E-state index contributed by atoms with van der Waals surface area (Å²) in [5.74, 6) is 0.706. The fraction of sp³-hybridized carbons (Fsp3) is 0.0800. The number of hydrogen-bond donors (Lipinski definition) is 2. The Bertz CT molecular complexity index is 1680. The van der Waals surface area contributed by atoms with Crippen molar-refractivity contribution < 1.29 is 4.79 Å². The van der Waals surface area contributed by atoms with E-state index < -0.39 is 0 Å². The van der Waals surface area contributed by atoms with Gasteiger partial charge in [0.15, 0.2) is 11.6 Å². The van der Waals surface area contributed by atoms with E-state index in [0.29, 0.717) is 10.7 Å². The summed E-state index contributed by atoms with van der Waals surface area (Å²) in [4.78, 5) is 30.4. The van der Waals surface area contributed by atoms with Gasteiger partial charge in [0, 0.05) is 29.5 Å². The molecule has 0 aliphatic carbocycles. The number of rotatable bonds is 4. The number of carbonyl (C=O) groups excluding carboxylic acids is 1. The highest BCUT2D eigenvalue weighted by molar-refractivity contribution is 7.17. The maximum atomic E-state index is 11.7. The van der Waals surface area contributed by atoms with E-state index in [0.717, 1.165) is 54.9 Å². The molecule has 6 rings (SSSR count). The van der Waals surface area contributed by atoms with Crippen molar-refractivity contribution in [2.45, 2.75) is 13.8 Å². The van der Waals surface area contributed by atoms with Gasteiger partial charge in [-0.1, -0.05) is 6.07 Å².